The summed E-state index contributed by atoms with van der Waals surface area (Å²) in [6.45, 7) is 1.86. The molecule has 7 heteroatoms. The van der Waals surface area contributed by atoms with Crippen molar-refractivity contribution in [3.63, 3.8) is 0 Å². The minimum Gasteiger partial charge on any atom is -0.368 e. The Morgan fingerprint density at radius 2 is 1.86 bits per heavy atom. The van der Waals surface area contributed by atoms with Crippen LogP contribution in [0.5, 0.6) is 0 Å². The molecule has 0 atom stereocenters. The van der Waals surface area contributed by atoms with Crippen LogP contribution in [0.4, 0.5) is 16.3 Å². The summed E-state index contributed by atoms with van der Waals surface area (Å²) >= 11 is 5.69. The lowest BCUT2D eigenvalue weighted by atomic mass is 10.2. The van der Waals surface area contributed by atoms with E-state index in [1.807, 2.05) is 0 Å². The second kappa shape index (κ2) is 5.89. The van der Waals surface area contributed by atoms with Crippen molar-refractivity contribution in [1.82, 2.24) is 14.8 Å². The van der Waals surface area contributed by atoms with Crippen LogP contribution in [0.15, 0.2) is 18.2 Å². The van der Waals surface area contributed by atoms with Crippen molar-refractivity contribution in [2.45, 2.75) is 25.7 Å². The molecule has 112 valence electrons. The van der Waals surface area contributed by atoms with E-state index in [0.717, 1.165) is 25.9 Å². The second-order valence-electron chi connectivity index (χ2n) is 5.18. The normalized spacial score (nSPS) is 16.0. The largest absolute Gasteiger partial charge is 0.368 e. The standard InChI is InChI=1S/C14H17ClFN5/c15-11-6-5-10(9-12(11)16)21-13(17)18-14(19-21)20-7-3-1-2-4-8-20/h5-6,9H,1-4,7-8H2,(H2,17,18,19). The predicted octanol–water partition coefficient (Wildman–Crippen LogP) is 3.02. The number of nitrogens with two attached hydrogens (primary N) is 1. The summed E-state index contributed by atoms with van der Waals surface area (Å²) in [7, 11) is 0. The molecule has 2 heterocycles. The van der Waals surface area contributed by atoms with E-state index in [2.05, 4.69) is 15.0 Å². The summed E-state index contributed by atoms with van der Waals surface area (Å²) in [6, 6.07) is 4.46. The molecule has 1 saturated heterocycles. The molecule has 5 nitrogen and oxygen atoms in total. The highest BCUT2D eigenvalue weighted by Crippen LogP contribution is 2.22. The van der Waals surface area contributed by atoms with Gasteiger partial charge in [0.15, 0.2) is 0 Å². The monoisotopic (exact) mass is 309 g/mol. The summed E-state index contributed by atoms with van der Waals surface area (Å²) in [6.07, 6.45) is 4.72. The molecule has 1 aromatic heterocycles. The van der Waals surface area contributed by atoms with Crippen molar-refractivity contribution in [1.29, 1.82) is 0 Å². The van der Waals surface area contributed by atoms with E-state index in [9.17, 15) is 4.39 Å². The number of aromatic nitrogens is 3. The average Bonchev–Trinajstić information content (AvgIpc) is 2.69. The lowest BCUT2D eigenvalue weighted by molar-refractivity contribution is 0.626. The van der Waals surface area contributed by atoms with Gasteiger partial charge in [-0.05, 0) is 25.0 Å². The van der Waals surface area contributed by atoms with Crippen LogP contribution in [0.25, 0.3) is 5.69 Å². The molecule has 0 unspecified atom stereocenters. The Hall–Kier alpha value is -1.82. The van der Waals surface area contributed by atoms with Crippen LogP contribution in [0.3, 0.4) is 0 Å². The fraction of sp³-hybridized carbons (Fsp3) is 0.429. The van der Waals surface area contributed by atoms with Crippen LogP contribution in [0.1, 0.15) is 25.7 Å². The first kappa shape index (κ1) is 14.1. The molecular formula is C14H17ClFN5. The highest BCUT2D eigenvalue weighted by atomic mass is 35.5. The second-order valence-corrected chi connectivity index (χ2v) is 5.59. The van der Waals surface area contributed by atoms with Gasteiger partial charge in [0.2, 0.25) is 11.9 Å². The van der Waals surface area contributed by atoms with Gasteiger partial charge in [0.05, 0.1) is 10.7 Å². The fourth-order valence-electron chi connectivity index (χ4n) is 2.52. The molecule has 1 fully saturated rings. The van der Waals surface area contributed by atoms with Crippen LogP contribution < -0.4 is 10.6 Å². The van der Waals surface area contributed by atoms with Crippen LogP contribution in [-0.4, -0.2) is 27.9 Å². The first-order valence-corrected chi connectivity index (χ1v) is 7.46. The number of benzene rings is 1. The average molecular weight is 310 g/mol. The van der Waals surface area contributed by atoms with Gasteiger partial charge in [0.25, 0.3) is 0 Å². The van der Waals surface area contributed by atoms with E-state index in [1.165, 1.54) is 29.7 Å². The number of nitrogens with zero attached hydrogens (tertiary/aromatic N) is 4. The number of halogens is 2. The molecule has 0 bridgehead atoms. The number of anilines is 2. The Morgan fingerprint density at radius 1 is 1.14 bits per heavy atom. The first-order valence-electron chi connectivity index (χ1n) is 7.08. The Morgan fingerprint density at radius 3 is 2.52 bits per heavy atom. The molecule has 1 aromatic carbocycles. The number of rotatable bonds is 2. The number of hydrogen-bond donors (Lipinski definition) is 1. The van der Waals surface area contributed by atoms with Crippen LogP contribution in [0, 0.1) is 5.82 Å². The molecule has 21 heavy (non-hydrogen) atoms. The Labute approximate surface area is 127 Å². The molecule has 0 spiro atoms. The van der Waals surface area contributed by atoms with Crippen molar-refractivity contribution in [3.05, 3.63) is 29.0 Å². The Kier molecular flexibility index (Phi) is 3.96. The third kappa shape index (κ3) is 2.95. The van der Waals surface area contributed by atoms with Crippen molar-refractivity contribution in [3.8, 4) is 5.69 Å². The zero-order valence-electron chi connectivity index (χ0n) is 11.6. The zero-order chi connectivity index (χ0) is 14.8. The van der Waals surface area contributed by atoms with E-state index in [0.29, 0.717) is 11.6 Å². The maximum absolute atomic E-state index is 13.6. The van der Waals surface area contributed by atoms with Crippen molar-refractivity contribution in [2.75, 3.05) is 23.7 Å². The molecule has 2 aromatic rings. The van der Waals surface area contributed by atoms with Gasteiger partial charge in [-0.25, -0.2) is 4.39 Å². The molecule has 1 aliphatic heterocycles. The first-order chi connectivity index (χ1) is 10.1. The lowest BCUT2D eigenvalue weighted by Gasteiger charge is -2.17. The third-order valence-corrected chi connectivity index (χ3v) is 3.96. The quantitative estimate of drug-likeness (QED) is 0.926. The van der Waals surface area contributed by atoms with Gasteiger partial charge in [-0.15, -0.1) is 5.10 Å². The van der Waals surface area contributed by atoms with E-state index >= 15 is 0 Å². The van der Waals surface area contributed by atoms with Gasteiger partial charge in [-0.3, -0.25) is 0 Å². The minimum atomic E-state index is -0.500. The van der Waals surface area contributed by atoms with Gasteiger partial charge in [0.1, 0.15) is 5.82 Å². The highest BCUT2D eigenvalue weighted by molar-refractivity contribution is 6.30. The molecule has 3 rings (SSSR count). The summed E-state index contributed by atoms with van der Waals surface area (Å²) < 4.78 is 15.0. The smallest absolute Gasteiger partial charge is 0.246 e. The third-order valence-electron chi connectivity index (χ3n) is 3.66. The van der Waals surface area contributed by atoms with Crippen molar-refractivity contribution < 1.29 is 4.39 Å². The summed E-state index contributed by atoms with van der Waals surface area (Å²) in [5, 5.41) is 4.49. The maximum atomic E-state index is 13.6. The minimum absolute atomic E-state index is 0.0742. The molecule has 0 aliphatic carbocycles. The van der Waals surface area contributed by atoms with E-state index < -0.39 is 5.82 Å². The number of hydrogen-bond acceptors (Lipinski definition) is 4. The van der Waals surface area contributed by atoms with E-state index in [1.54, 1.807) is 6.07 Å². The van der Waals surface area contributed by atoms with Crippen LogP contribution >= 0.6 is 11.6 Å². The van der Waals surface area contributed by atoms with Gasteiger partial charge in [0, 0.05) is 19.2 Å². The lowest BCUT2D eigenvalue weighted by Crippen LogP contribution is -2.25. The molecule has 0 amide bonds. The summed E-state index contributed by atoms with van der Waals surface area (Å²) in [4.78, 5) is 6.44. The predicted molar refractivity (Wildman–Crippen MR) is 81.4 cm³/mol. The topological polar surface area (TPSA) is 60.0 Å². The van der Waals surface area contributed by atoms with Crippen LogP contribution in [0.2, 0.25) is 5.02 Å². The molecule has 0 radical (unpaired) electrons. The summed E-state index contributed by atoms with van der Waals surface area (Å²) in [5.41, 5.74) is 6.43. The van der Waals surface area contributed by atoms with Gasteiger partial charge in [-0.1, -0.05) is 24.4 Å². The van der Waals surface area contributed by atoms with Gasteiger partial charge >= 0.3 is 0 Å². The van der Waals surface area contributed by atoms with Gasteiger partial charge in [-0.2, -0.15) is 9.67 Å². The summed E-state index contributed by atoms with van der Waals surface area (Å²) in [5.74, 6) is 0.348. The molecule has 0 saturated carbocycles. The molecule has 2 N–H and O–H groups in total. The van der Waals surface area contributed by atoms with Crippen molar-refractivity contribution in [2.24, 2.45) is 0 Å². The number of nitrogen functional groups attached to an aromatic ring is 1. The maximum Gasteiger partial charge on any atom is 0.246 e. The zero-order valence-corrected chi connectivity index (χ0v) is 12.4. The fourth-order valence-corrected chi connectivity index (χ4v) is 2.64. The van der Waals surface area contributed by atoms with Gasteiger partial charge < -0.3 is 10.6 Å². The molecule has 1 aliphatic rings. The Balaban J connectivity index is 1.91. The highest BCUT2D eigenvalue weighted by Gasteiger charge is 2.17. The Bertz CT molecular complexity index is 634. The molecular weight excluding hydrogens is 293 g/mol. The van der Waals surface area contributed by atoms with Crippen LogP contribution in [-0.2, 0) is 0 Å². The van der Waals surface area contributed by atoms with E-state index in [4.69, 9.17) is 17.3 Å². The van der Waals surface area contributed by atoms with E-state index in [-0.39, 0.29) is 11.0 Å². The van der Waals surface area contributed by atoms with Crippen molar-refractivity contribution >= 4 is 23.5 Å². The SMILES string of the molecule is Nc1nc(N2CCCCCC2)nn1-c1ccc(Cl)c(F)c1.